The van der Waals surface area contributed by atoms with E-state index in [-0.39, 0.29) is 31.0 Å². The number of halogens is 1. The number of carbonyl (C=O) groups excluding carboxylic acids is 3. The normalized spacial score (nSPS) is 15.7. The molecule has 9 heteroatoms. The van der Waals surface area contributed by atoms with Gasteiger partial charge in [0, 0.05) is 31.3 Å². The maximum absolute atomic E-state index is 13.4. The van der Waals surface area contributed by atoms with Crippen LogP contribution in [0.5, 0.6) is 0 Å². The number of hydrogen-bond acceptors (Lipinski definition) is 5. The number of carbonyl (C=O) groups is 3. The number of nitrogens with one attached hydrogen (secondary N) is 2. The Labute approximate surface area is 186 Å². The summed E-state index contributed by atoms with van der Waals surface area (Å²) in [6.45, 7) is 0.551. The maximum atomic E-state index is 13.4. The van der Waals surface area contributed by atoms with E-state index >= 15 is 0 Å². The second-order valence-corrected chi connectivity index (χ2v) is 7.53. The van der Waals surface area contributed by atoms with Crippen molar-refractivity contribution in [2.24, 2.45) is 0 Å². The van der Waals surface area contributed by atoms with Crippen LogP contribution in [-0.4, -0.2) is 67.3 Å². The fourth-order valence-electron chi connectivity index (χ4n) is 3.45. The van der Waals surface area contributed by atoms with Crippen LogP contribution in [0.1, 0.15) is 44.9 Å². The molecule has 3 amide bonds. The van der Waals surface area contributed by atoms with Crippen molar-refractivity contribution in [3.63, 3.8) is 0 Å². The van der Waals surface area contributed by atoms with Gasteiger partial charge in [-0.1, -0.05) is 30.3 Å². The lowest BCUT2D eigenvalue weighted by atomic mass is 10.1. The van der Waals surface area contributed by atoms with Gasteiger partial charge in [0.1, 0.15) is 18.5 Å². The Bertz CT molecular complexity index is 954. The Morgan fingerprint density at radius 1 is 1.19 bits per heavy atom. The molecule has 1 aromatic heterocycles. The summed E-state index contributed by atoms with van der Waals surface area (Å²) in [5, 5.41) is 5.19. The van der Waals surface area contributed by atoms with Crippen molar-refractivity contribution < 1.29 is 23.5 Å². The molecule has 1 aromatic carbocycles. The monoisotopic (exact) mass is 442 g/mol. The number of benzene rings is 1. The summed E-state index contributed by atoms with van der Waals surface area (Å²) < 4.78 is 18.5. The third kappa shape index (κ3) is 6.50. The highest BCUT2D eigenvalue weighted by atomic mass is 19.1. The zero-order valence-corrected chi connectivity index (χ0v) is 18.0. The summed E-state index contributed by atoms with van der Waals surface area (Å²) in [6.07, 6.45) is -0.0844. The first-order chi connectivity index (χ1) is 15.5. The number of ether oxygens (including phenoxy) is 1. The minimum atomic E-state index is -1.03. The smallest absolute Gasteiger partial charge is 0.409 e. The Kier molecular flexibility index (Phi) is 8.13. The minimum absolute atomic E-state index is 0.0364. The predicted octanol–water partition coefficient (Wildman–Crippen LogP) is 2.33. The first-order valence-electron chi connectivity index (χ1n) is 10.6. The Morgan fingerprint density at radius 2 is 1.97 bits per heavy atom. The molecule has 0 spiro atoms. The van der Waals surface area contributed by atoms with E-state index in [1.807, 2.05) is 30.3 Å². The molecule has 0 saturated carbocycles. The van der Waals surface area contributed by atoms with Gasteiger partial charge in [-0.05, 0) is 30.5 Å². The second-order valence-electron chi connectivity index (χ2n) is 7.53. The summed E-state index contributed by atoms with van der Waals surface area (Å²) in [6, 6.07) is 12.7. The van der Waals surface area contributed by atoms with Crippen LogP contribution in [0.3, 0.4) is 0 Å². The lowest BCUT2D eigenvalue weighted by Gasteiger charge is -2.28. The fourth-order valence-corrected chi connectivity index (χ4v) is 3.45. The molecule has 1 atom stereocenters. The third-order valence-electron chi connectivity index (χ3n) is 5.06. The van der Waals surface area contributed by atoms with Crippen LogP contribution in [0, 0.1) is 0 Å². The third-order valence-corrected chi connectivity index (χ3v) is 5.06. The maximum Gasteiger partial charge on any atom is 0.409 e. The molecule has 170 valence electrons. The number of nitrogens with zero attached hydrogens (tertiary/aromatic N) is 2. The van der Waals surface area contributed by atoms with E-state index in [1.54, 1.807) is 6.07 Å². The van der Waals surface area contributed by atoms with E-state index in [9.17, 15) is 18.8 Å². The largest absolute Gasteiger partial charge is 0.448 e. The predicted molar refractivity (Wildman–Crippen MR) is 116 cm³/mol. The van der Waals surface area contributed by atoms with Crippen LogP contribution in [0.2, 0.25) is 0 Å². The molecule has 3 rings (SSSR count). The van der Waals surface area contributed by atoms with Crippen molar-refractivity contribution in [3.8, 4) is 0 Å². The van der Waals surface area contributed by atoms with Crippen molar-refractivity contribution in [1.82, 2.24) is 20.5 Å². The number of likely N-dealkylation sites (tertiary alicyclic amines) is 1. The summed E-state index contributed by atoms with van der Waals surface area (Å²) >= 11 is 0. The van der Waals surface area contributed by atoms with Gasteiger partial charge in [0.2, 0.25) is 0 Å². The van der Waals surface area contributed by atoms with Crippen molar-refractivity contribution in [1.29, 1.82) is 0 Å². The number of alkyl halides is 1. The molecule has 1 unspecified atom stereocenters. The molecule has 2 aromatic rings. The Balaban J connectivity index is 1.59. The van der Waals surface area contributed by atoms with Crippen LogP contribution in [0.25, 0.3) is 0 Å². The van der Waals surface area contributed by atoms with E-state index in [2.05, 4.69) is 15.6 Å². The van der Waals surface area contributed by atoms with E-state index in [0.717, 1.165) is 5.56 Å². The van der Waals surface area contributed by atoms with Crippen molar-refractivity contribution in [2.75, 3.05) is 33.3 Å². The average Bonchev–Trinajstić information content (AvgIpc) is 2.81. The first kappa shape index (κ1) is 23.2. The Hall–Kier alpha value is -3.49. The molecule has 32 heavy (non-hydrogen) atoms. The Morgan fingerprint density at radius 3 is 2.69 bits per heavy atom. The molecule has 0 aliphatic carbocycles. The van der Waals surface area contributed by atoms with Crippen molar-refractivity contribution >= 4 is 17.9 Å². The zero-order chi connectivity index (χ0) is 22.9. The first-order valence-corrected chi connectivity index (χ1v) is 10.6. The summed E-state index contributed by atoms with van der Waals surface area (Å²) in [5.41, 5.74) is 2.01. The number of rotatable bonds is 7. The molecule has 1 saturated heterocycles. The SMILES string of the molecule is CNC(=O)c1cc(C(=O)NCCOC(=O)N2CCCC(F)C2)cc(Cc2ccccc2)n1. The minimum Gasteiger partial charge on any atom is -0.448 e. The van der Waals surface area contributed by atoms with E-state index in [4.69, 9.17) is 4.74 Å². The number of aromatic nitrogens is 1. The molecule has 2 N–H and O–H groups in total. The lowest BCUT2D eigenvalue weighted by molar-refractivity contribution is 0.0747. The van der Waals surface area contributed by atoms with Gasteiger partial charge in [0.15, 0.2) is 0 Å². The number of hydrogen-bond donors (Lipinski definition) is 2. The van der Waals surface area contributed by atoms with Crippen molar-refractivity contribution in [3.05, 3.63) is 65.0 Å². The number of pyridine rings is 1. The van der Waals surface area contributed by atoms with Gasteiger partial charge in [-0.2, -0.15) is 0 Å². The van der Waals surface area contributed by atoms with Gasteiger partial charge in [-0.15, -0.1) is 0 Å². The van der Waals surface area contributed by atoms with Gasteiger partial charge in [0.25, 0.3) is 11.8 Å². The highest BCUT2D eigenvalue weighted by Crippen LogP contribution is 2.14. The molecule has 2 heterocycles. The van der Waals surface area contributed by atoms with Gasteiger partial charge in [0.05, 0.1) is 13.1 Å². The summed E-state index contributed by atoms with van der Waals surface area (Å²) in [5.74, 6) is -0.805. The zero-order valence-electron chi connectivity index (χ0n) is 18.0. The second kappa shape index (κ2) is 11.2. The highest BCUT2D eigenvalue weighted by molar-refractivity contribution is 5.98. The van der Waals surface area contributed by atoms with Crippen LogP contribution in [0.15, 0.2) is 42.5 Å². The molecule has 1 fully saturated rings. The van der Waals surface area contributed by atoms with Crippen molar-refractivity contribution in [2.45, 2.75) is 25.4 Å². The highest BCUT2D eigenvalue weighted by Gasteiger charge is 2.24. The fraction of sp³-hybridized carbons (Fsp3) is 0.391. The van der Waals surface area contributed by atoms with Gasteiger partial charge < -0.3 is 20.3 Å². The topological polar surface area (TPSA) is 101 Å². The van der Waals surface area contributed by atoms with E-state index in [1.165, 1.54) is 18.0 Å². The number of piperidine rings is 1. The standard InChI is InChI=1S/C23H27FN4O4/c1-25-22(30)20-14-17(13-19(27-20)12-16-6-3-2-4-7-16)21(29)26-9-11-32-23(31)28-10-5-8-18(24)15-28/h2-4,6-7,13-14,18H,5,8-12,15H2,1H3,(H,25,30)(H,26,29). The molecular formula is C23H27FN4O4. The van der Waals surface area contributed by atoms with Crippen LogP contribution >= 0.6 is 0 Å². The van der Waals surface area contributed by atoms with Crippen LogP contribution < -0.4 is 10.6 Å². The van der Waals surface area contributed by atoms with E-state index < -0.39 is 24.1 Å². The molecule has 0 bridgehead atoms. The number of amides is 3. The average molecular weight is 442 g/mol. The van der Waals surface area contributed by atoms with Crippen LogP contribution in [0.4, 0.5) is 9.18 Å². The molecular weight excluding hydrogens is 415 g/mol. The van der Waals surface area contributed by atoms with Gasteiger partial charge in [-0.3, -0.25) is 9.59 Å². The lowest BCUT2D eigenvalue weighted by Crippen LogP contribution is -2.41. The van der Waals surface area contributed by atoms with Gasteiger partial charge in [-0.25, -0.2) is 14.2 Å². The van der Waals surface area contributed by atoms with E-state index in [0.29, 0.717) is 31.5 Å². The molecule has 1 aliphatic rings. The quantitative estimate of drug-likeness (QED) is 0.641. The summed E-state index contributed by atoms with van der Waals surface area (Å²) in [4.78, 5) is 42.4. The molecule has 0 radical (unpaired) electrons. The summed E-state index contributed by atoms with van der Waals surface area (Å²) in [7, 11) is 1.50. The van der Waals surface area contributed by atoms with Gasteiger partial charge >= 0.3 is 6.09 Å². The molecule has 8 nitrogen and oxygen atoms in total. The van der Waals surface area contributed by atoms with Crippen LogP contribution in [-0.2, 0) is 11.2 Å². The molecule has 1 aliphatic heterocycles.